The number of nitrogens with one attached hydrogen (secondary N) is 1. The fourth-order valence-electron chi connectivity index (χ4n) is 6.90. The lowest BCUT2D eigenvalue weighted by Gasteiger charge is -2.30. The van der Waals surface area contributed by atoms with Gasteiger partial charge < -0.3 is 15.2 Å². The van der Waals surface area contributed by atoms with Crippen molar-refractivity contribution >= 4 is 27.6 Å². The Hall–Kier alpha value is -3.12. The predicted octanol–water partition coefficient (Wildman–Crippen LogP) is 5.78. The number of ether oxygens (including phenoxy) is 1. The average Bonchev–Trinajstić information content (AvgIpc) is 3.59. The Morgan fingerprint density at radius 2 is 1.72 bits per heavy atom. The molecule has 10 nitrogen and oxygen atoms in total. The van der Waals surface area contributed by atoms with E-state index < -0.39 is 27.5 Å². The molecule has 2 aromatic carbocycles. The minimum Gasteiger partial charge on any atom is -0.508 e. The second-order valence-electron chi connectivity index (χ2n) is 14.8. The van der Waals surface area contributed by atoms with Gasteiger partial charge in [-0.15, -0.1) is 0 Å². The highest BCUT2D eigenvalue weighted by molar-refractivity contribution is 7.86. The van der Waals surface area contributed by atoms with Gasteiger partial charge in [-0.05, 0) is 81.3 Å². The van der Waals surface area contributed by atoms with Crippen LogP contribution in [-0.4, -0.2) is 81.4 Å². The van der Waals surface area contributed by atoms with E-state index in [1.807, 2.05) is 26.8 Å². The molecule has 0 spiro atoms. The van der Waals surface area contributed by atoms with E-state index in [-0.39, 0.29) is 41.1 Å². The lowest BCUT2D eigenvalue weighted by atomic mass is 9.77. The number of aryl methyl sites for hydroxylation is 1. The van der Waals surface area contributed by atoms with Gasteiger partial charge in [-0.3, -0.25) is 23.5 Å². The van der Waals surface area contributed by atoms with Crippen molar-refractivity contribution in [1.29, 1.82) is 0 Å². The van der Waals surface area contributed by atoms with Crippen LogP contribution in [0.4, 0.5) is 0 Å². The molecule has 2 fully saturated rings. The number of unbranched alkanes of at least 4 members (excludes halogenated alkanes) is 1. The summed E-state index contributed by atoms with van der Waals surface area (Å²) in [6, 6.07) is 12.6. The summed E-state index contributed by atoms with van der Waals surface area (Å²) in [4.78, 5) is 43.8. The molecule has 276 valence electrons. The van der Waals surface area contributed by atoms with Crippen molar-refractivity contribution in [3.8, 4) is 5.75 Å². The first-order valence-corrected chi connectivity index (χ1v) is 19.6. The number of ketones is 2. The smallest absolute Gasteiger partial charge is 0.296 e. The van der Waals surface area contributed by atoms with Crippen LogP contribution in [0, 0.1) is 24.2 Å². The highest BCUT2D eigenvalue weighted by atomic mass is 32.2. The number of hydrogen-bond donors (Lipinski definition) is 2. The first-order valence-electron chi connectivity index (χ1n) is 18.2. The van der Waals surface area contributed by atoms with E-state index in [0.717, 1.165) is 49.9 Å². The van der Waals surface area contributed by atoms with Gasteiger partial charge in [0.25, 0.3) is 10.1 Å². The van der Waals surface area contributed by atoms with E-state index in [1.165, 1.54) is 12.1 Å². The van der Waals surface area contributed by atoms with Crippen LogP contribution in [0.15, 0.2) is 53.4 Å². The molecule has 0 radical (unpaired) electrons. The van der Waals surface area contributed by atoms with E-state index >= 15 is 0 Å². The van der Waals surface area contributed by atoms with Gasteiger partial charge in [-0.2, -0.15) is 8.42 Å². The van der Waals surface area contributed by atoms with Crippen LogP contribution < -0.4 is 5.32 Å². The molecule has 2 aromatic rings. The van der Waals surface area contributed by atoms with Crippen LogP contribution in [0.3, 0.4) is 0 Å². The number of phenolic OH excluding ortho intramolecular Hbond substituents is 1. The van der Waals surface area contributed by atoms with E-state index in [4.69, 9.17) is 8.92 Å². The summed E-state index contributed by atoms with van der Waals surface area (Å²) >= 11 is 0. The number of carbonyl (C=O) groups is 3. The number of carbonyl (C=O) groups excluding carboxylic acids is 3. The number of morpholine rings is 1. The molecule has 2 N–H and O–H groups in total. The molecule has 1 saturated heterocycles. The third-order valence-electron chi connectivity index (χ3n) is 10.1. The van der Waals surface area contributed by atoms with Crippen molar-refractivity contribution in [2.45, 2.75) is 102 Å². The molecule has 1 amide bonds. The van der Waals surface area contributed by atoms with Crippen LogP contribution in [0.25, 0.3) is 0 Å². The summed E-state index contributed by atoms with van der Waals surface area (Å²) in [5.41, 5.74) is 1.01. The molecule has 1 aliphatic carbocycles. The van der Waals surface area contributed by atoms with Crippen LogP contribution in [0.1, 0.15) is 89.2 Å². The second-order valence-corrected chi connectivity index (χ2v) is 16.4. The van der Waals surface area contributed by atoms with Gasteiger partial charge in [0.2, 0.25) is 5.91 Å². The minimum atomic E-state index is -3.89. The lowest BCUT2D eigenvalue weighted by Crippen LogP contribution is -2.46. The second kappa shape index (κ2) is 18.9. The van der Waals surface area contributed by atoms with Gasteiger partial charge in [-0.1, -0.05) is 69.4 Å². The van der Waals surface area contributed by atoms with Crippen molar-refractivity contribution < 1.29 is 36.8 Å². The number of amides is 1. The first-order chi connectivity index (χ1) is 23.8. The van der Waals surface area contributed by atoms with Crippen LogP contribution in [0.5, 0.6) is 5.75 Å². The summed E-state index contributed by atoms with van der Waals surface area (Å²) in [6.45, 7) is 8.99. The third kappa shape index (κ3) is 12.6. The molecule has 2 atom stereocenters. The van der Waals surface area contributed by atoms with Gasteiger partial charge in [0, 0.05) is 37.3 Å². The molecular weight excluding hydrogens is 657 g/mol. The molecule has 2 aliphatic rings. The van der Waals surface area contributed by atoms with E-state index in [9.17, 15) is 27.9 Å². The number of hydrogen-bond acceptors (Lipinski definition) is 9. The quantitative estimate of drug-likeness (QED) is 0.129. The molecule has 50 heavy (non-hydrogen) atoms. The van der Waals surface area contributed by atoms with Gasteiger partial charge >= 0.3 is 0 Å². The molecule has 11 heteroatoms. The third-order valence-corrected chi connectivity index (χ3v) is 11.4. The molecule has 0 aromatic heterocycles. The fraction of sp³-hybridized carbons (Fsp3) is 0.615. The number of nitrogens with zero attached hydrogens (tertiary/aromatic N) is 1. The summed E-state index contributed by atoms with van der Waals surface area (Å²) in [5.74, 6) is -0.547. The van der Waals surface area contributed by atoms with Crippen molar-refractivity contribution in [1.82, 2.24) is 10.2 Å². The molecule has 1 saturated carbocycles. The van der Waals surface area contributed by atoms with Crippen molar-refractivity contribution in [3.05, 3.63) is 59.7 Å². The Balaban J connectivity index is 1.41. The standard InChI is InChI=1S/C39H56N2O8S/c1-29-14-16-34(17-15-29)50(46,47)49-22-7-6-13-35(36(43)26-30-9-4-5-10-30)40-38(45)32(18-19-41-20-23-48-24-21-41)27-37(44)39(2,3)28-31-11-8-12-33(42)25-31/h8,11-12,14-17,25,30,32,35,42H,4-7,9-10,13,18-24,26-28H2,1-3H3,(H,40,45)/t32-,35+/m1/s1. The maximum atomic E-state index is 14.0. The van der Waals surface area contributed by atoms with E-state index in [2.05, 4.69) is 10.2 Å². The molecular formula is C39H56N2O8S. The monoisotopic (exact) mass is 712 g/mol. The zero-order valence-electron chi connectivity index (χ0n) is 30.0. The molecule has 0 unspecified atom stereocenters. The van der Waals surface area contributed by atoms with Gasteiger partial charge in [-0.25, -0.2) is 0 Å². The highest BCUT2D eigenvalue weighted by Crippen LogP contribution is 2.30. The first kappa shape index (κ1) is 39.7. The zero-order valence-corrected chi connectivity index (χ0v) is 30.8. The molecule has 1 aliphatic heterocycles. The summed E-state index contributed by atoms with van der Waals surface area (Å²) in [5, 5.41) is 13.0. The summed E-state index contributed by atoms with van der Waals surface area (Å²) in [7, 11) is -3.89. The van der Waals surface area contributed by atoms with Gasteiger partial charge in [0.1, 0.15) is 11.5 Å². The average molecular weight is 713 g/mol. The minimum absolute atomic E-state index is 0.0130. The highest BCUT2D eigenvalue weighted by Gasteiger charge is 2.34. The lowest BCUT2D eigenvalue weighted by molar-refractivity contribution is -0.135. The Labute approximate surface area is 298 Å². The summed E-state index contributed by atoms with van der Waals surface area (Å²) < 4.78 is 36.0. The van der Waals surface area contributed by atoms with E-state index in [0.29, 0.717) is 64.2 Å². The molecule has 1 heterocycles. The number of aromatic hydroxyl groups is 1. The Morgan fingerprint density at radius 1 is 1.02 bits per heavy atom. The van der Waals surface area contributed by atoms with Crippen molar-refractivity contribution in [3.63, 3.8) is 0 Å². The van der Waals surface area contributed by atoms with Crippen LogP contribution in [-0.2, 0) is 39.8 Å². The summed E-state index contributed by atoms with van der Waals surface area (Å²) in [6.07, 6.45) is 6.78. The topological polar surface area (TPSA) is 139 Å². The van der Waals surface area contributed by atoms with Crippen molar-refractivity contribution in [2.75, 3.05) is 39.5 Å². The van der Waals surface area contributed by atoms with Crippen LogP contribution >= 0.6 is 0 Å². The predicted molar refractivity (Wildman–Crippen MR) is 192 cm³/mol. The maximum absolute atomic E-state index is 14.0. The SMILES string of the molecule is Cc1ccc(S(=O)(=O)OCCCC[C@H](NC(=O)[C@H](CCN2CCOCC2)CC(=O)C(C)(C)Cc2cccc(O)c2)C(=O)CC2CCCC2)cc1. The normalized spacial score (nSPS) is 17.3. The zero-order chi connectivity index (χ0) is 36.1. The van der Waals surface area contributed by atoms with Crippen molar-refractivity contribution in [2.24, 2.45) is 17.3 Å². The molecule has 4 rings (SSSR count). The van der Waals surface area contributed by atoms with Gasteiger partial charge in [0.15, 0.2) is 5.78 Å². The molecule has 0 bridgehead atoms. The maximum Gasteiger partial charge on any atom is 0.296 e. The Morgan fingerprint density at radius 3 is 2.40 bits per heavy atom. The number of phenols is 1. The fourth-order valence-corrected chi connectivity index (χ4v) is 7.84. The van der Waals surface area contributed by atoms with Crippen LogP contribution in [0.2, 0.25) is 0 Å². The van der Waals surface area contributed by atoms with Gasteiger partial charge in [0.05, 0.1) is 30.8 Å². The van der Waals surface area contributed by atoms with E-state index in [1.54, 1.807) is 30.3 Å². The largest absolute Gasteiger partial charge is 0.508 e. The Kier molecular flexibility index (Phi) is 15.0. The number of benzene rings is 2. The number of rotatable bonds is 20. The Bertz CT molecular complexity index is 1510. The number of Topliss-reactive ketones (excluding diaryl/α,β-unsaturated/α-hetero) is 2.